The van der Waals surface area contributed by atoms with Gasteiger partial charge in [-0.15, -0.1) is 11.3 Å². The monoisotopic (exact) mass is 463 g/mol. The molecule has 172 valence electrons. The highest BCUT2D eigenvalue weighted by molar-refractivity contribution is 7.17. The summed E-state index contributed by atoms with van der Waals surface area (Å²) in [5, 5.41) is 3.80. The normalized spacial score (nSPS) is 15.8. The lowest BCUT2D eigenvalue weighted by Gasteiger charge is -2.42. The number of nitrogens with two attached hydrogens (primary N) is 1. The van der Waals surface area contributed by atoms with Crippen LogP contribution in [0.1, 0.15) is 44.2 Å². The van der Waals surface area contributed by atoms with Gasteiger partial charge in [-0.05, 0) is 74.9 Å². The van der Waals surface area contributed by atoms with Crippen molar-refractivity contribution in [3.63, 3.8) is 0 Å². The highest BCUT2D eigenvalue weighted by Gasteiger charge is 2.29. The summed E-state index contributed by atoms with van der Waals surface area (Å²) >= 11 is 1.66. The van der Waals surface area contributed by atoms with Gasteiger partial charge in [-0.2, -0.15) is 0 Å². The summed E-state index contributed by atoms with van der Waals surface area (Å²) < 4.78 is 1.14. The molecule has 1 fully saturated rings. The molecule has 5 rings (SSSR count). The number of hydrogen-bond donors (Lipinski definition) is 2. The number of amides is 1. The van der Waals surface area contributed by atoms with Gasteiger partial charge in [-0.3, -0.25) is 19.5 Å². The number of aromatic nitrogens is 3. The van der Waals surface area contributed by atoms with Crippen molar-refractivity contribution in [3.8, 4) is 11.5 Å². The highest BCUT2D eigenvalue weighted by Crippen LogP contribution is 2.30. The Kier molecular flexibility index (Phi) is 6.58. The summed E-state index contributed by atoms with van der Waals surface area (Å²) in [5.41, 5.74) is 7.91. The predicted molar refractivity (Wildman–Crippen MR) is 134 cm³/mol. The Labute approximate surface area is 196 Å². The summed E-state index contributed by atoms with van der Waals surface area (Å²) in [6.45, 7) is 8.64. The largest absolute Gasteiger partial charge is 0.372 e. The van der Waals surface area contributed by atoms with Crippen LogP contribution in [0.3, 0.4) is 0 Å². The maximum Gasteiger partial charge on any atom is 0.259 e. The average molecular weight is 464 g/mol. The second-order valence-corrected chi connectivity index (χ2v) is 10.0. The molecule has 1 aliphatic rings. The Bertz CT molecular complexity index is 1360. The standard InChI is InChI=1S/C24H26N4OS.CH3NO/c1-15-10-16(14-28-8-5-4-7-24(28,2)3)11-18-21(15)26-22(27-23(18)29)19-12-20-17(13-25-19)6-9-30-20;2-1-3/h6,9-13H,4-5,7-8,14H2,1-3H3,(H,26,27,29);1H,(H2,2,3). The van der Waals surface area contributed by atoms with E-state index in [0.29, 0.717) is 16.9 Å². The number of likely N-dealkylation sites (tertiary alicyclic amines) is 1. The highest BCUT2D eigenvalue weighted by atomic mass is 32.1. The zero-order valence-corrected chi connectivity index (χ0v) is 20.0. The molecule has 0 radical (unpaired) electrons. The lowest BCUT2D eigenvalue weighted by atomic mass is 9.90. The van der Waals surface area contributed by atoms with Crippen LogP contribution in [-0.4, -0.2) is 38.3 Å². The minimum absolute atomic E-state index is 0.106. The van der Waals surface area contributed by atoms with Crippen molar-refractivity contribution in [2.75, 3.05) is 6.54 Å². The number of fused-ring (bicyclic) bond motifs is 2. The summed E-state index contributed by atoms with van der Waals surface area (Å²) in [5.74, 6) is 0.524. The molecule has 1 amide bonds. The summed E-state index contributed by atoms with van der Waals surface area (Å²) in [7, 11) is 0. The molecule has 1 aliphatic heterocycles. The lowest BCUT2D eigenvalue weighted by Crippen LogP contribution is -2.46. The van der Waals surface area contributed by atoms with Gasteiger partial charge in [0.25, 0.3) is 5.56 Å². The number of rotatable bonds is 3. The van der Waals surface area contributed by atoms with Crippen molar-refractivity contribution >= 4 is 38.7 Å². The van der Waals surface area contributed by atoms with Crippen LogP contribution < -0.4 is 11.3 Å². The molecule has 0 unspecified atom stereocenters. The van der Waals surface area contributed by atoms with Gasteiger partial charge in [-0.1, -0.05) is 12.5 Å². The van der Waals surface area contributed by atoms with Gasteiger partial charge in [-0.25, -0.2) is 4.98 Å². The van der Waals surface area contributed by atoms with Crippen molar-refractivity contribution < 1.29 is 4.79 Å². The van der Waals surface area contributed by atoms with E-state index in [1.165, 1.54) is 24.8 Å². The number of carbonyl (C=O) groups excluding carboxylic acids is 1. The zero-order chi connectivity index (χ0) is 23.6. The van der Waals surface area contributed by atoms with Gasteiger partial charge in [0.05, 0.1) is 10.9 Å². The first-order valence-corrected chi connectivity index (χ1v) is 12.0. The quantitative estimate of drug-likeness (QED) is 0.439. The molecule has 4 heterocycles. The van der Waals surface area contributed by atoms with E-state index in [-0.39, 0.29) is 17.5 Å². The molecule has 0 atom stereocenters. The maximum absolute atomic E-state index is 13.0. The molecule has 0 saturated carbocycles. The van der Waals surface area contributed by atoms with Crippen LogP contribution in [0.25, 0.3) is 32.5 Å². The molecule has 1 aromatic carbocycles. The molecule has 3 aromatic heterocycles. The third kappa shape index (κ3) is 4.82. The third-order valence-electron chi connectivity index (χ3n) is 6.34. The van der Waals surface area contributed by atoms with Crippen LogP contribution in [0.4, 0.5) is 0 Å². The molecule has 0 spiro atoms. The molecule has 1 saturated heterocycles. The first-order valence-electron chi connectivity index (χ1n) is 11.1. The molecule has 7 nitrogen and oxygen atoms in total. The van der Waals surface area contributed by atoms with Crippen molar-refractivity contribution in [1.82, 2.24) is 19.9 Å². The Morgan fingerprint density at radius 2 is 2.06 bits per heavy atom. The number of thiophene rings is 1. The number of piperidine rings is 1. The fraction of sp³-hybridized carbons (Fsp3) is 0.360. The van der Waals surface area contributed by atoms with Crippen molar-refractivity contribution in [2.24, 2.45) is 5.73 Å². The van der Waals surface area contributed by atoms with Gasteiger partial charge in [0.1, 0.15) is 5.69 Å². The summed E-state index contributed by atoms with van der Waals surface area (Å²) in [6, 6.07) is 8.23. The van der Waals surface area contributed by atoms with Gasteiger partial charge in [0, 0.05) is 28.4 Å². The number of aryl methyl sites for hydroxylation is 1. The van der Waals surface area contributed by atoms with E-state index in [9.17, 15) is 4.79 Å². The topological polar surface area (TPSA) is 105 Å². The van der Waals surface area contributed by atoms with Crippen LogP contribution in [0, 0.1) is 6.92 Å². The van der Waals surface area contributed by atoms with E-state index >= 15 is 0 Å². The number of primary amides is 1. The second-order valence-electron chi connectivity index (χ2n) is 9.08. The number of H-pyrrole nitrogens is 1. The van der Waals surface area contributed by atoms with Crippen molar-refractivity contribution in [1.29, 1.82) is 0 Å². The molecular formula is C25H29N5O2S. The number of aromatic amines is 1. The Morgan fingerprint density at radius 1 is 1.27 bits per heavy atom. The maximum atomic E-state index is 13.0. The van der Waals surface area contributed by atoms with Gasteiger partial charge in [0.15, 0.2) is 5.82 Å². The molecule has 4 aromatic rings. The van der Waals surface area contributed by atoms with E-state index in [1.807, 2.05) is 36.7 Å². The fourth-order valence-electron chi connectivity index (χ4n) is 4.52. The van der Waals surface area contributed by atoms with Gasteiger partial charge < -0.3 is 10.7 Å². The number of pyridine rings is 1. The Hall–Kier alpha value is -3.10. The second kappa shape index (κ2) is 9.41. The van der Waals surface area contributed by atoms with Crippen LogP contribution in [0.2, 0.25) is 0 Å². The van der Waals surface area contributed by atoms with Crippen LogP contribution in [-0.2, 0) is 11.3 Å². The number of hydrogen-bond acceptors (Lipinski definition) is 6. The van der Waals surface area contributed by atoms with Crippen LogP contribution in [0.5, 0.6) is 0 Å². The predicted octanol–water partition coefficient (Wildman–Crippen LogP) is 4.37. The molecule has 0 aliphatic carbocycles. The van der Waals surface area contributed by atoms with Crippen molar-refractivity contribution in [3.05, 3.63) is 57.3 Å². The lowest BCUT2D eigenvalue weighted by molar-refractivity contribution is -0.106. The van der Waals surface area contributed by atoms with E-state index in [4.69, 9.17) is 9.78 Å². The zero-order valence-electron chi connectivity index (χ0n) is 19.2. The number of benzene rings is 1. The number of nitrogens with one attached hydrogen (secondary N) is 1. The van der Waals surface area contributed by atoms with E-state index < -0.39 is 0 Å². The Morgan fingerprint density at radius 3 is 2.82 bits per heavy atom. The molecule has 0 bridgehead atoms. The third-order valence-corrected chi connectivity index (χ3v) is 7.22. The first-order chi connectivity index (χ1) is 15.8. The smallest absolute Gasteiger partial charge is 0.259 e. The summed E-state index contributed by atoms with van der Waals surface area (Å²) in [6.07, 6.45) is 5.83. The number of carbonyl (C=O) groups is 1. The van der Waals surface area contributed by atoms with Gasteiger partial charge >= 0.3 is 0 Å². The molecule has 3 N–H and O–H groups in total. The van der Waals surface area contributed by atoms with E-state index in [1.54, 1.807) is 11.3 Å². The minimum Gasteiger partial charge on any atom is -0.372 e. The molecule has 33 heavy (non-hydrogen) atoms. The minimum atomic E-state index is -0.106. The van der Waals surface area contributed by atoms with E-state index in [0.717, 1.165) is 34.3 Å². The fourth-order valence-corrected chi connectivity index (χ4v) is 5.32. The SMILES string of the molecule is Cc1cc(CN2CCCCC2(C)C)cc2c(=O)[nH]c(-c3cc4sccc4cn3)nc12.NC=O. The van der Waals surface area contributed by atoms with Crippen molar-refractivity contribution in [2.45, 2.75) is 52.1 Å². The van der Waals surface area contributed by atoms with Gasteiger partial charge in [0.2, 0.25) is 6.41 Å². The van der Waals surface area contributed by atoms with Crippen LogP contribution in [0.15, 0.2) is 40.6 Å². The summed E-state index contributed by atoms with van der Waals surface area (Å²) in [4.78, 5) is 36.3. The van der Waals surface area contributed by atoms with Crippen LogP contribution >= 0.6 is 11.3 Å². The Balaban J connectivity index is 0.000000821. The number of nitrogens with zero attached hydrogens (tertiary/aromatic N) is 3. The average Bonchev–Trinajstić information content (AvgIpc) is 3.24. The molecule has 8 heteroatoms. The first kappa shape index (κ1) is 23.1. The van der Waals surface area contributed by atoms with E-state index in [2.05, 4.69) is 40.5 Å². The molecular weight excluding hydrogens is 434 g/mol.